The quantitative estimate of drug-likeness (QED) is 0.355. The Bertz CT molecular complexity index is 770. The molecule has 0 radical (unpaired) electrons. The highest BCUT2D eigenvalue weighted by Crippen LogP contribution is 2.30. The lowest BCUT2D eigenvalue weighted by molar-refractivity contribution is -0.137. The van der Waals surface area contributed by atoms with Crippen LogP contribution in [-0.2, 0) is 6.18 Å². The molecule has 0 unspecified atom stereocenters. The lowest BCUT2D eigenvalue weighted by Crippen LogP contribution is -2.52. The van der Waals surface area contributed by atoms with Crippen LogP contribution in [0.2, 0.25) is 0 Å². The van der Waals surface area contributed by atoms with Crippen LogP contribution in [0.25, 0.3) is 0 Å². The summed E-state index contributed by atoms with van der Waals surface area (Å²) in [5, 5.41) is 9.32. The van der Waals surface area contributed by atoms with Gasteiger partial charge in [0, 0.05) is 26.2 Å². The number of guanidine groups is 1. The summed E-state index contributed by atoms with van der Waals surface area (Å²) in [5.41, 5.74) is 1.44. The summed E-state index contributed by atoms with van der Waals surface area (Å²) >= 11 is 0.790. The first kappa shape index (κ1) is 18.3. The second-order valence-corrected chi connectivity index (χ2v) is 5.97. The smallest absolute Gasteiger partial charge is 0.348 e. The van der Waals surface area contributed by atoms with Gasteiger partial charge in [-0.05, 0) is 24.3 Å². The second-order valence-electron chi connectivity index (χ2n) is 5.44. The molecule has 140 valence electrons. The first-order valence-electron chi connectivity index (χ1n) is 7.52. The van der Waals surface area contributed by atoms with E-state index >= 15 is 0 Å². The van der Waals surface area contributed by atoms with Crippen molar-refractivity contribution in [3.05, 3.63) is 35.8 Å². The Hall–Kier alpha value is -2.47. The molecule has 12 heteroatoms. The van der Waals surface area contributed by atoms with Crippen LogP contribution in [-0.4, -0.2) is 51.0 Å². The standard InChI is InChI=1S/C14H14F4N6OS/c15-11-12(22-26-21-11)23-5-7-24(8-6-23)13(20-25)19-10-3-1-9(2-4-10)14(16,17)18/h1-4,25H,5-8H2,(H,19,20). The Kier molecular flexibility index (Phi) is 5.23. The molecule has 1 saturated heterocycles. The van der Waals surface area contributed by atoms with Crippen molar-refractivity contribution < 1.29 is 22.8 Å². The summed E-state index contributed by atoms with van der Waals surface area (Å²) in [7, 11) is 0. The van der Waals surface area contributed by atoms with Gasteiger partial charge in [0.05, 0.1) is 23.0 Å². The fraction of sp³-hybridized carbons (Fsp3) is 0.357. The molecule has 0 aliphatic carbocycles. The van der Waals surface area contributed by atoms with E-state index < -0.39 is 17.7 Å². The molecule has 1 aromatic heterocycles. The number of nitrogens with zero attached hydrogens (tertiary/aromatic N) is 5. The number of halogens is 4. The van der Waals surface area contributed by atoms with Gasteiger partial charge in [-0.1, -0.05) is 0 Å². The molecule has 0 atom stereocenters. The summed E-state index contributed by atoms with van der Waals surface area (Å²) in [4.78, 5) is 7.55. The van der Waals surface area contributed by atoms with Gasteiger partial charge in [-0.3, -0.25) is 5.21 Å². The fourth-order valence-electron chi connectivity index (χ4n) is 2.51. The first-order chi connectivity index (χ1) is 12.4. The van der Waals surface area contributed by atoms with E-state index in [0.717, 1.165) is 23.9 Å². The Labute approximate surface area is 149 Å². The molecule has 0 saturated carbocycles. The molecule has 2 aromatic rings. The number of hydroxylamine groups is 1. The van der Waals surface area contributed by atoms with Gasteiger partial charge in [0.1, 0.15) is 0 Å². The van der Waals surface area contributed by atoms with Crippen LogP contribution < -0.4 is 10.4 Å². The van der Waals surface area contributed by atoms with Crippen LogP contribution in [0.5, 0.6) is 0 Å². The summed E-state index contributed by atoms with van der Waals surface area (Å²) in [5.74, 6) is -0.337. The SMILES string of the molecule is ONC(=Nc1ccc(C(F)(F)F)cc1)N1CCN(c2nsnc2F)CC1. The van der Waals surface area contributed by atoms with E-state index in [1.165, 1.54) is 12.1 Å². The number of alkyl halides is 3. The molecule has 26 heavy (non-hydrogen) atoms. The van der Waals surface area contributed by atoms with E-state index in [1.807, 2.05) is 5.48 Å². The van der Waals surface area contributed by atoms with Crippen molar-refractivity contribution in [1.29, 1.82) is 0 Å². The minimum absolute atomic E-state index is 0.0984. The maximum absolute atomic E-state index is 13.5. The van der Waals surface area contributed by atoms with Gasteiger partial charge >= 0.3 is 6.18 Å². The van der Waals surface area contributed by atoms with Crippen LogP contribution in [0.4, 0.5) is 29.1 Å². The fourth-order valence-corrected chi connectivity index (χ4v) is 2.97. The van der Waals surface area contributed by atoms with E-state index in [0.29, 0.717) is 26.2 Å². The average molecular weight is 390 g/mol. The van der Waals surface area contributed by atoms with Crippen molar-refractivity contribution in [3.63, 3.8) is 0 Å². The number of hydrogen-bond donors (Lipinski definition) is 2. The average Bonchev–Trinajstić information content (AvgIpc) is 3.05. The summed E-state index contributed by atoms with van der Waals surface area (Å²) in [6.07, 6.45) is -4.42. The number of rotatable bonds is 2. The van der Waals surface area contributed by atoms with E-state index in [1.54, 1.807) is 9.80 Å². The monoisotopic (exact) mass is 390 g/mol. The minimum atomic E-state index is -4.42. The molecule has 1 fully saturated rings. The molecule has 1 aliphatic heterocycles. The zero-order valence-corrected chi connectivity index (χ0v) is 14.1. The van der Waals surface area contributed by atoms with Crippen LogP contribution in [0.3, 0.4) is 0 Å². The van der Waals surface area contributed by atoms with E-state index in [2.05, 4.69) is 13.7 Å². The molecule has 2 N–H and O–H groups in total. The van der Waals surface area contributed by atoms with Crippen LogP contribution in [0, 0.1) is 5.95 Å². The number of aliphatic imine (C=N–C) groups is 1. The second kappa shape index (κ2) is 7.41. The summed E-state index contributed by atoms with van der Waals surface area (Å²) in [6, 6.07) is 4.27. The van der Waals surface area contributed by atoms with Gasteiger partial charge in [0.15, 0.2) is 5.82 Å². The third-order valence-corrected chi connectivity index (χ3v) is 4.34. The molecule has 0 spiro atoms. The molecule has 7 nitrogen and oxygen atoms in total. The van der Waals surface area contributed by atoms with Gasteiger partial charge in [0.2, 0.25) is 5.96 Å². The Morgan fingerprint density at radius 3 is 2.27 bits per heavy atom. The Morgan fingerprint density at radius 2 is 1.77 bits per heavy atom. The molecular formula is C14H14F4N6OS. The minimum Gasteiger partial charge on any atom is -0.348 e. The van der Waals surface area contributed by atoms with E-state index in [4.69, 9.17) is 0 Å². The zero-order valence-electron chi connectivity index (χ0n) is 13.2. The zero-order chi connectivity index (χ0) is 18.7. The number of nitrogens with one attached hydrogen (secondary N) is 1. The predicted octanol–water partition coefficient (Wildman–Crippen LogP) is 2.48. The van der Waals surface area contributed by atoms with E-state index in [9.17, 15) is 22.8 Å². The molecule has 3 rings (SSSR count). The number of hydrogen-bond acceptors (Lipinski definition) is 6. The Morgan fingerprint density at radius 1 is 1.12 bits per heavy atom. The number of anilines is 1. The van der Waals surface area contributed by atoms with Crippen LogP contribution in [0.1, 0.15) is 5.56 Å². The first-order valence-corrected chi connectivity index (χ1v) is 8.25. The van der Waals surface area contributed by atoms with Gasteiger partial charge in [-0.2, -0.15) is 21.9 Å². The molecule has 2 heterocycles. The van der Waals surface area contributed by atoms with Crippen LogP contribution in [0.15, 0.2) is 29.3 Å². The molecular weight excluding hydrogens is 376 g/mol. The lowest BCUT2D eigenvalue weighted by Gasteiger charge is -2.35. The highest BCUT2D eigenvalue weighted by Gasteiger charge is 2.30. The maximum atomic E-state index is 13.5. The van der Waals surface area contributed by atoms with Gasteiger partial charge < -0.3 is 9.80 Å². The Balaban J connectivity index is 1.68. The van der Waals surface area contributed by atoms with Crippen molar-refractivity contribution in [2.75, 3.05) is 31.1 Å². The maximum Gasteiger partial charge on any atom is 0.416 e. The number of aromatic nitrogens is 2. The van der Waals surface area contributed by atoms with Crippen LogP contribution >= 0.6 is 11.7 Å². The van der Waals surface area contributed by atoms with E-state index in [-0.39, 0.29) is 17.5 Å². The van der Waals surface area contributed by atoms with Crippen molar-refractivity contribution in [2.45, 2.75) is 6.18 Å². The summed E-state index contributed by atoms with van der Waals surface area (Å²) in [6.45, 7) is 1.67. The molecule has 1 aromatic carbocycles. The highest BCUT2D eigenvalue weighted by atomic mass is 32.1. The van der Waals surface area contributed by atoms with Gasteiger partial charge in [-0.25, -0.2) is 10.5 Å². The lowest BCUT2D eigenvalue weighted by atomic mass is 10.2. The predicted molar refractivity (Wildman–Crippen MR) is 87.1 cm³/mol. The number of benzene rings is 1. The molecule has 0 amide bonds. The third kappa shape index (κ3) is 4.02. The molecule has 0 bridgehead atoms. The van der Waals surface area contributed by atoms with Crippen molar-refractivity contribution in [1.82, 2.24) is 19.1 Å². The van der Waals surface area contributed by atoms with Gasteiger partial charge in [-0.15, -0.1) is 4.37 Å². The van der Waals surface area contributed by atoms with Crippen molar-refractivity contribution in [3.8, 4) is 0 Å². The van der Waals surface area contributed by atoms with Gasteiger partial charge in [0.25, 0.3) is 5.95 Å². The third-order valence-electron chi connectivity index (χ3n) is 3.84. The van der Waals surface area contributed by atoms with Crippen molar-refractivity contribution in [2.24, 2.45) is 4.99 Å². The topological polar surface area (TPSA) is 76.9 Å². The largest absolute Gasteiger partial charge is 0.416 e. The summed E-state index contributed by atoms with van der Waals surface area (Å²) < 4.78 is 58.6. The number of piperazine rings is 1. The normalized spacial score (nSPS) is 16.1. The highest BCUT2D eigenvalue weighted by molar-refractivity contribution is 6.99. The van der Waals surface area contributed by atoms with Crippen molar-refractivity contribution >= 4 is 29.2 Å². The molecule has 1 aliphatic rings.